The third kappa shape index (κ3) is 4.62. The van der Waals surface area contributed by atoms with Gasteiger partial charge in [-0.1, -0.05) is 0 Å². The molecule has 3 aromatic heterocycles. The Balaban J connectivity index is 1.26. The third-order valence-electron chi connectivity index (χ3n) is 6.81. The molecule has 1 N–H and O–H groups in total. The Bertz CT molecular complexity index is 1460. The molecule has 0 saturated carbocycles. The summed E-state index contributed by atoms with van der Waals surface area (Å²) >= 11 is 0. The second-order valence-corrected chi connectivity index (χ2v) is 9.33. The number of imidazole rings is 1. The van der Waals surface area contributed by atoms with Crippen molar-refractivity contribution in [2.24, 2.45) is 0 Å². The van der Waals surface area contributed by atoms with Gasteiger partial charge >= 0.3 is 0 Å². The zero-order chi connectivity index (χ0) is 25.5. The molecule has 0 unspecified atom stereocenters. The van der Waals surface area contributed by atoms with Gasteiger partial charge in [-0.15, -0.1) is 5.10 Å². The first-order valence-electron chi connectivity index (χ1n) is 12.1. The lowest BCUT2D eigenvalue weighted by Crippen LogP contribution is -2.26. The van der Waals surface area contributed by atoms with E-state index in [4.69, 9.17) is 0 Å². The number of benzene rings is 1. The second-order valence-electron chi connectivity index (χ2n) is 9.33. The van der Waals surface area contributed by atoms with Crippen molar-refractivity contribution in [3.8, 4) is 0 Å². The van der Waals surface area contributed by atoms with E-state index in [1.807, 2.05) is 4.90 Å². The van der Waals surface area contributed by atoms with Crippen molar-refractivity contribution in [1.82, 2.24) is 24.6 Å². The van der Waals surface area contributed by atoms with E-state index < -0.39 is 23.8 Å². The van der Waals surface area contributed by atoms with E-state index in [0.717, 1.165) is 30.6 Å². The molecule has 0 spiro atoms. The van der Waals surface area contributed by atoms with Gasteiger partial charge in [0.2, 0.25) is 0 Å². The van der Waals surface area contributed by atoms with Gasteiger partial charge in [-0.3, -0.25) is 4.98 Å². The van der Waals surface area contributed by atoms with Gasteiger partial charge in [0.15, 0.2) is 5.65 Å². The van der Waals surface area contributed by atoms with Crippen LogP contribution in [-0.2, 0) is 0 Å². The van der Waals surface area contributed by atoms with Gasteiger partial charge in [0.25, 0.3) is 0 Å². The monoisotopic (exact) mass is 507 g/mol. The molecule has 2 fully saturated rings. The Morgan fingerprint density at radius 3 is 2.62 bits per heavy atom. The zero-order valence-corrected chi connectivity index (χ0v) is 19.8. The third-order valence-corrected chi connectivity index (χ3v) is 6.81. The van der Waals surface area contributed by atoms with E-state index >= 15 is 0 Å². The molecule has 0 bridgehead atoms. The van der Waals surface area contributed by atoms with Gasteiger partial charge < -0.3 is 14.9 Å². The van der Waals surface area contributed by atoms with Crippen LogP contribution in [0.2, 0.25) is 0 Å². The minimum absolute atomic E-state index is 0.0228. The van der Waals surface area contributed by atoms with Gasteiger partial charge in [0.1, 0.15) is 29.4 Å². The lowest BCUT2D eigenvalue weighted by molar-refractivity contribution is 0.198. The Labute approximate surface area is 210 Å². The normalized spacial score (nSPS) is 22.1. The molecule has 2 saturated heterocycles. The van der Waals surface area contributed by atoms with Gasteiger partial charge in [0.05, 0.1) is 48.7 Å². The number of halogens is 3. The van der Waals surface area contributed by atoms with Crippen LogP contribution < -0.4 is 9.80 Å². The average Bonchev–Trinajstić information content (AvgIpc) is 3.62. The minimum Gasteiger partial charge on any atom is -0.391 e. The number of nitrogens with zero attached hydrogens (tertiary/aromatic N) is 7. The molecule has 1 aromatic carbocycles. The standard InChI is InChI=1S/C26H24F3N7O/c27-16-1-4-22(29)21(9-16)23-10-17(28)14-35(23)25-6-5-24-32-12-19(36(24)33-25)3-2-18-11-31-26(13-30-18)34-8-7-20(37)15-34/h1-6,9,11-13,17,20,23,37H,7-8,10,14-15H2/b3-2+/t17-,20-,23+/m0/s1. The van der Waals surface area contributed by atoms with Crippen LogP contribution in [0.1, 0.15) is 35.8 Å². The van der Waals surface area contributed by atoms with Gasteiger partial charge in [-0.05, 0) is 48.9 Å². The molecule has 4 aromatic rings. The molecule has 6 rings (SSSR count). The Hall–Kier alpha value is -3.99. The van der Waals surface area contributed by atoms with Crippen molar-refractivity contribution in [2.45, 2.75) is 31.2 Å². The summed E-state index contributed by atoms with van der Waals surface area (Å²) in [4.78, 5) is 16.9. The summed E-state index contributed by atoms with van der Waals surface area (Å²) < 4.78 is 44.4. The highest BCUT2D eigenvalue weighted by atomic mass is 19.1. The Kier molecular flexibility index (Phi) is 5.99. The highest BCUT2D eigenvalue weighted by molar-refractivity contribution is 5.68. The maximum absolute atomic E-state index is 14.5. The number of aliphatic hydroxyl groups excluding tert-OH is 1. The number of aliphatic hydroxyl groups is 1. The molecule has 2 aliphatic heterocycles. The second kappa shape index (κ2) is 9.47. The minimum atomic E-state index is -1.20. The SMILES string of the molecule is O[C@H]1CCN(c2cnc(/C=C/c3cnc4ccc(N5C[C@@H](F)C[C@@H]5c5cc(F)ccc5F)nn34)cn2)C1. The van der Waals surface area contributed by atoms with Crippen molar-refractivity contribution < 1.29 is 18.3 Å². The van der Waals surface area contributed by atoms with Crippen molar-refractivity contribution in [3.63, 3.8) is 0 Å². The Morgan fingerprint density at radius 2 is 1.84 bits per heavy atom. The number of aromatic nitrogens is 5. The summed E-state index contributed by atoms with van der Waals surface area (Å²) in [6, 6.07) is 6.01. The molecular formula is C26H24F3N7O. The van der Waals surface area contributed by atoms with Crippen LogP contribution in [0.5, 0.6) is 0 Å². The average molecular weight is 508 g/mol. The van der Waals surface area contributed by atoms with Crippen molar-refractivity contribution >= 4 is 29.4 Å². The molecule has 190 valence electrons. The van der Waals surface area contributed by atoms with E-state index in [9.17, 15) is 18.3 Å². The molecule has 0 radical (unpaired) electrons. The number of rotatable bonds is 5. The van der Waals surface area contributed by atoms with Gasteiger partial charge in [-0.2, -0.15) is 0 Å². The van der Waals surface area contributed by atoms with Crippen LogP contribution in [0.4, 0.5) is 24.8 Å². The van der Waals surface area contributed by atoms with Crippen LogP contribution in [0.3, 0.4) is 0 Å². The van der Waals surface area contributed by atoms with E-state index in [0.29, 0.717) is 35.8 Å². The summed E-state index contributed by atoms with van der Waals surface area (Å²) in [5, 5.41) is 14.4. The first-order chi connectivity index (χ1) is 17.9. The molecule has 2 aliphatic rings. The Morgan fingerprint density at radius 1 is 0.946 bits per heavy atom. The van der Waals surface area contributed by atoms with Crippen LogP contribution in [-0.4, -0.2) is 61.6 Å². The number of fused-ring (bicyclic) bond motifs is 1. The lowest BCUT2D eigenvalue weighted by Gasteiger charge is -2.26. The van der Waals surface area contributed by atoms with Crippen molar-refractivity contribution in [3.05, 3.63) is 77.5 Å². The zero-order valence-electron chi connectivity index (χ0n) is 19.8. The summed E-state index contributed by atoms with van der Waals surface area (Å²) in [6.07, 6.45) is 7.79. The highest BCUT2D eigenvalue weighted by Gasteiger charge is 2.36. The van der Waals surface area contributed by atoms with E-state index in [1.165, 1.54) is 0 Å². The molecule has 0 amide bonds. The fourth-order valence-electron chi connectivity index (χ4n) is 4.95. The van der Waals surface area contributed by atoms with E-state index in [1.54, 1.807) is 52.3 Å². The van der Waals surface area contributed by atoms with Crippen LogP contribution in [0.15, 0.2) is 48.9 Å². The molecule has 37 heavy (non-hydrogen) atoms. The predicted octanol–water partition coefficient (Wildman–Crippen LogP) is 3.83. The molecular weight excluding hydrogens is 483 g/mol. The number of alkyl halides is 1. The molecule has 5 heterocycles. The fraction of sp³-hybridized carbons (Fsp3) is 0.308. The van der Waals surface area contributed by atoms with E-state index in [-0.39, 0.29) is 24.6 Å². The smallest absolute Gasteiger partial charge is 0.154 e. The van der Waals surface area contributed by atoms with Crippen molar-refractivity contribution in [1.29, 1.82) is 0 Å². The topological polar surface area (TPSA) is 82.7 Å². The lowest BCUT2D eigenvalue weighted by atomic mass is 10.0. The maximum atomic E-state index is 14.5. The van der Waals surface area contributed by atoms with Crippen LogP contribution >= 0.6 is 0 Å². The van der Waals surface area contributed by atoms with Gasteiger partial charge in [-0.25, -0.2) is 27.7 Å². The quantitative estimate of drug-likeness (QED) is 0.440. The maximum Gasteiger partial charge on any atom is 0.154 e. The number of β-amino-alcohol motifs (C(OH)–C–C–N with tert-alkyl or cyclic N) is 1. The number of hydrogen-bond acceptors (Lipinski definition) is 7. The number of hydrogen-bond donors (Lipinski definition) is 1. The summed E-state index contributed by atoms with van der Waals surface area (Å²) in [7, 11) is 0. The van der Waals surface area contributed by atoms with E-state index in [2.05, 4.69) is 20.1 Å². The predicted molar refractivity (Wildman–Crippen MR) is 133 cm³/mol. The summed E-state index contributed by atoms with van der Waals surface area (Å²) in [5.41, 5.74) is 1.99. The fourth-order valence-corrected chi connectivity index (χ4v) is 4.95. The largest absolute Gasteiger partial charge is 0.391 e. The number of anilines is 2. The first kappa shape index (κ1) is 23.4. The molecule has 11 heteroatoms. The van der Waals surface area contributed by atoms with Crippen LogP contribution in [0, 0.1) is 11.6 Å². The molecule has 8 nitrogen and oxygen atoms in total. The summed E-state index contributed by atoms with van der Waals surface area (Å²) in [6.45, 7) is 1.31. The first-order valence-corrected chi connectivity index (χ1v) is 12.1. The van der Waals surface area contributed by atoms with Crippen molar-refractivity contribution in [2.75, 3.05) is 29.4 Å². The highest BCUT2D eigenvalue weighted by Crippen LogP contribution is 2.38. The molecule has 0 aliphatic carbocycles. The molecule has 3 atom stereocenters. The van der Waals surface area contributed by atoms with Gasteiger partial charge in [0, 0.05) is 25.1 Å². The summed E-state index contributed by atoms with van der Waals surface area (Å²) in [5.74, 6) is 0.00547. The van der Waals surface area contributed by atoms with Crippen LogP contribution in [0.25, 0.3) is 17.8 Å².